The van der Waals surface area contributed by atoms with E-state index in [1.165, 1.54) is 0 Å². The topological polar surface area (TPSA) is 62.3 Å². The molecule has 0 bridgehead atoms. The molecule has 0 saturated carbocycles. The van der Waals surface area contributed by atoms with Crippen molar-refractivity contribution in [2.45, 2.75) is 52.5 Å². The molecule has 1 atom stereocenters. The molecule has 114 valence electrons. The Balaban J connectivity index is 2.09. The van der Waals surface area contributed by atoms with Gasteiger partial charge >= 0.3 is 0 Å². The van der Waals surface area contributed by atoms with Crippen LogP contribution in [-0.4, -0.2) is 30.8 Å². The first kappa shape index (κ1) is 15.9. The minimum absolute atomic E-state index is 0.284. The van der Waals surface area contributed by atoms with Crippen molar-refractivity contribution in [3.8, 4) is 0 Å². The lowest BCUT2D eigenvalue weighted by atomic mass is 10.2. The number of thiazole rings is 1. The molecule has 2 heterocycles. The summed E-state index contributed by atoms with van der Waals surface area (Å²) >= 11 is 1.60. The predicted octanol–water partition coefficient (Wildman–Crippen LogP) is 2.53. The zero-order valence-electron chi connectivity index (χ0n) is 12.3. The van der Waals surface area contributed by atoms with Gasteiger partial charge in [-0.15, -0.1) is 11.3 Å². The molecule has 5 nitrogen and oxygen atoms in total. The maximum Gasteiger partial charge on any atom is 0.280 e. The van der Waals surface area contributed by atoms with E-state index in [1.54, 1.807) is 15.6 Å². The van der Waals surface area contributed by atoms with E-state index in [-0.39, 0.29) is 6.04 Å². The second-order valence-corrected chi connectivity index (χ2v) is 8.44. The Bertz CT molecular complexity index is 546. The average Bonchev–Trinajstić information content (AvgIpc) is 2.57. The predicted molar refractivity (Wildman–Crippen MR) is 82.1 cm³/mol. The van der Waals surface area contributed by atoms with Crippen LogP contribution in [0.1, 0.15) is 54.2 Å². The molecule has 0 aromatic carbocycles. The monoisotopic (exact) mass is 317 g/mol. The summed E-state index contributed by atoms with van der Waals surface area (Å²) in [6, 6.07) is -0.284. The Labute approximate surface area is 125 Å². The fraction of sp³-hybridized carbons (Fsp3) is 0.769. The molecule has 1 fully saturated rings. The van der Waals surface area contributed by atoms with Crippen molar-refractivity contribution < 1.29 is 8.42 Å². The van der Waals surface area contributed by atoms with Crippen LogP contribution < -0.4 is 4.72 Å². The van der Waals surface area contributed by atoms with E-state index >= 15 is 0 Å². The van der Waals surface area contributed by atoms with E-state index in [9.17, 15) is 8.42 Å². The van der Waals surface area contributed by atoms with E-state index < -0.39 is 10.2 Å². The largest absolute Gasteiger partial charge is 0.280 e. The van der Waals surface area contributed by atoms with Crippen LogP contribution in [0.25, 0.3) is 0 Å². The molecule has 20 heavy (non-hydrogen) atoms. The van der Waals surface area contributed by atoms with Gasteiger partial charge < -0.3 is 0 Å². The molecule has 0 spiro atoms. The van der Waals surface area contributed by atoms with Crippen molar-refractivity contribution in [1.82, 2.24) is 14.0 Å². The summed E-state index contributed by atoms with van der Waals surface area (Å²) in [4.78, 5) is 5.51. The Hall–Kier alpha value is -0.500. The van der Waals surface area contributed by atoms with Gasteiger partial charge in [0.2, 0.25) is 0 Å². The maximum absolute atomic E-state index is 12.4. The third kappa shape index (κ3) is 3.78. The quantitative estimate of drug-likeness (QED) is 0.928. The smallest absolute Gasteiger partial charge is 0.245 e. The Kier molecular flexibility index (Phi) is 5.17. The third-order valence-electron chi connectivity index (χ3n) is 3.58. The van der Waals surface area contributed by atoms with Crippen LogP contribution in [-0.2, 0) is 10.2 Å². The van der Waals surface area contributed by atoms with E-state index in [0.717, 1.165) is 41.3 Å². The molecule has 2 rings (SSSR count). The second-order valence-electron chi connectivity index (χ2n) is 5.33. The molecule has 0 radical (unpaired) electrons. The van der Waals surface area contributed by atoms with Gasteiger partial charge in [0, 0.05) is 18.0 Å². The van der Waals surface area contributed by atoms with Gasteiger partial charge in [-0.05, 0) is 33.6 Å². The standard InChI is InChI=1S/C13H23N3O2S2/c1-10(13-11(2)19-12(3)14-13)15-20(17,18)16-8-6-4-5-7-9-16/h10,15H,4-9H2,1-3H3. The van der Waals surface area contributed by atoms with E-state index in [1.807, 2.05) is 20.8 Å². The zero-order valence-corrected chi connectivity index (χ0v) is 14.0. The number of hydrogen-bond acceptors (Lipinski definition) is 4. The van der Waals surface area contributed by atoms with Gasteiger partial charge in [0.25, 0.3) is 10.2 Å². The summed E-state index contributed by atoms with van der Waals surface area (Å²) in [6.45, 7) is 7.03. The van der Waals surface area contributed by atoms with Crippen LogP contribution in [0.2, 0.25) is 0 Å². The molecule has 1 aromatic heterocycles. The van der Waals surface area contributed by atoms with E-state index in [2.05, 4.69) is 9.71 Å². The lowest BCUT2D eigenvalue weighted by Crippen LogP contribution is -2.42. The number of nitrogens with zero attached hydrogens (tertiary/aromatic N) is 2. The molecular formula is C13H23N3O2S2. The SMILES string of the molecule is Cc1nc(C(C)NS(=O)(=O)N2CCCCCC2)c(C)s1. The highest BCUT2D eigenvalue weighted by atomic mass is 32.2. The lowest BCUT2D eigenvalue weighted by molar-refractivity contribution is 0.409. The summed E-state index contributed by atoms with van der Waals surface area (Å²) < 4.78 is 29.2. The molecule has 1 aliphatic heterocycles. The average molecular weight is 317 g/mol. The van der Waals surface area contributed by atoms with Crippen molar-refractivity contribution in [1.29, 1.82) is 0 Å². The Morgan fingerprint density at radius 3 is 2.30 bits per heavy atom. The Morgan fingerprint density at radius 2 is 1.80 bits per heavy atom. The summed E-state index contributed by atoms with van der Waals surface area (Å²) in [5, 5.41) is 0.971. The van der Waals surface area contributed by atoms with Crippen LogP contribution in [0, 0.1) is 13.8 Å². The molecule has 7 heteroatoms. The van der Waals surface area contributed by atoms with Crippen LogP contribution in [0.4, 0.5) is 0 Å². The van der Waals surface area contributed by atoms with Gasteiger partial charge in [0.05, 0.1) is 16.7 Å². The van der Waals surface area contributed by atoms with Crippen LogP contribution in [0.5, 0.6) is 0 Å². The summed E-state index contributed by atoms with van der Waals surface area (Å²) in [7, 11) is -3.41. The van der Waals surface area contributed by atoms with Gasteiger partial charge in [0.1, 0.15) is 0 Å². The zero-order chi connectivity index (χ0) is 14.8. The van der Waals surface area contributed by atoms with E-state index in [4.69, 9.17) is 0 Å². The molecule has 1 aromatic rings. The first-order valence-electron chi connectivity index (χ1n) is 7.11. The highest BCUT2D eigenvalue weighted by Gasteiger charge is 2.26. The van der Waals surface area contributed by atoms with Crippen molar-refractivity contribution in [2.24, 2.45) is 0 Å². The van der Waals surface area contributed by atoms with Gasteiger partial charge in [-0.25, -0.2) is 4.98 Å². The number of nitrogens with one attached hydrogen (secondary N) is 1. The number of hydrogen-bond donors (Lipinski definition) is 1. The third-order valence-corrected chi connectivity index (χ3v) is 6.18. The molecule has 0 aliphatic carbocycles. The fourth-order valence-electron chi connectivity index (χ4n) is 2.58. The number of aromatic nitrogens is 1. The molecule has 1 saturated heterocycles. The van der Waals surface area contributed by atoms with E-state index in [0.29, 0.717) is 13.1 Å². The second kappa shape index (κ2) is 6.51. The maximum atomic E-state index is 12.4. The van der Waals surface area contributed by atoms with Crippen molar-refractivity contribution in [3.63, 3.8) is 0 Å². The molecule has 1 N–H and O–H groups in total. The summed E-state index contributed by atoms with van der Waals surface area (Å²) in [5.41, 5.74) is 0.839. The van der Waals surface area contributed by atoms with Gasteiger partial charge in [0.15, 0.2) is 0 Å². The first-order valence-corrected chi connectivity index (χ1v) is 9.37. The van der Waals surface area contributed by atoms with Crippen LogP contribution >= 0.6 is 11.3 Å². The fourth-order valence-corrected chi connectivity index (χ4v) is 4.94. The number of rotatable bonds is 4. The number of aryl methyl sites for hydroxylation is 2. The summed E-state index contributed by atoms with van der Waals surface area (Å²) in [5.74, 6) is 0. The van der Waals surface area contributed by atoms with Gasteiger partial charge in [-0.2, -0.15) is 17.4 Å². The Morgan fingerprint density at radius 1 is 1.20 bits per heavy atom. The minimum atomic E-state index is -3.41. The molecule has 0 amide bonds. The van der Waals surface area contributed by atoms with Gasteiger partial charge in [-0.3, -0.25) is 0 Å². The normalized spacial score (nSPS) is 19.8. The first-order chi connectivity index (χ1) is 9.40. The van der Waals surface area contributed by atoms with Crippen LogP contribution in [0.3, 0.4) is 0 Å². The minimum Gasteiger partial charge on any atom is -0.245 e. The van der Waals surface area contributed by atoms with Crippen molar-refractivity contribution >= 4 is 21.5 Å². The van der Waals surface area contributed by atoms with Crippen molar-refractivity contribution in [3.05, 3.63) is 15.6 Å². The highest BCUT2D eigenvalue weighted by molar-refractivity contribution is 7.87. The van der Waals surface area contributed by atoms with Crippen LogP contribution in [0.15, 0.2) is 0 Å². The highest BCUT2D eigenvalue weighted by Crippen LogP contribution is 2.23. The lowest BCUT2D eigenvalue weighted by Gasteiger charge is -2.22. The molecular weight excluding hydrogens is 294 g/mol. The molecule has 1 aliphatic rings. The summed E-state index contributed by atoms with van der Waals surface area (Å²) in [6.07, 6.45) is 4.13. The molecule has 1 unspecified atom stereocenters. The van der Waals surface area contributed by atoms with Crippen molar-refractivity contribution in [2.75, 3.05) is 13.1 Å². The van der Waals surface area contributed by atoms with Gasteiger partial charge in [-0.1, -0.05) is 12.8 Å².